The van der Waals surface area contributed by atoms with Gasteiger partial charge in [-0.05, 0) is 54.5 Å². The number of carbonyl (C=O) groups excluding carboxylic acids is 2. The average Bonchev–Trinajstić information content (AvgIpc) is 3.09. The van der Waals surface area contributed by atoms with Crippen LogP contribution >= 0.6 is 0 Å². The van der Waals surface area contributed by atoms with E-state index in [2.05, 4.69) is 4.98 Å². The Kier molecular flexibility index (Phi) is 5.43. The smallest absolute Gasteiger partial charge is 0.248 e. The first kappa shape index (κ1) is 17.1. The summed E-state index contributed by atoms with van der Waals surface area (Å²) in [5.41, 5.74) is 8.07. The molecule has 1 aliphatic heterocycles. The summed E-state index contributed by atoms with van der Waals surface area (Å²) in [4.78, 5) is 29.7. The van der Waals surface area contributed by atoms with E-state index in [9.17, 15) is 9.59 Å². The Morgan fingerprint density at radius 2 is 2.04 bits per heavy atom. The van der Waals surface area contributed by atoms with Gasteiger partial charge in [0.15, 0.2) is 0 Å². The molecule has 3 rings (SSSR count). The number of hydrogen-bond acceptors (Lipinski definition) is 3. The molecule has 2 amide bonds. The number of pyridine rings is 1. The minimum atomic E-state index is -0.402. The Bertz CT molecular complexity index is 746. The summed E-state index contributed by atoms with van der Waals surface area (Å²) in [5.74, 6) is 0.239. The summed E-state index contributed by atoms with van der Waals surface area (Å²) in [5, 5.41) is 0. The number of aromatic nitrogens is 1. The second-order valence-corrected chi connectivity index (χ2v) is 6.62. The fourth-order valence-corrected chi connectivity index (χ4v) is 3.37. The topological polar surface area (TPSA) is 76.3 Å². The van der Waals surface area contributed by atoms with Crippen molar-refractivity contribution in [3.05, 3.63) is 65.5 Å². The van der Waals surface area contributed by atoms with E-state index in [1.165, 1.54) is 0 Å². The van der Waals surface area contributed by atoms with E-state index < -0.39 is 5.91 Å². The maximum absolute atomic E-state index is 12.4. The number of likely N-dealkylation sites (tertiary alicyclic amines) is 1. The van der Waals surface area contributed by atoms with Gasteiger partial charge in [0.25, 0.3) is 0 Å². The fourth-order valence-electron chi connectivity index (χ4n) is 3.37. The Morgan fingerprint density at radius 3 is 2.80 bits per heavy atom. The third-order valence-corrected chi connectivity index (χ3v) is 4.72. The van der Waals surface area contributed by atoms with Gasteiger partial charge in [-0.25, -0.2) is 0 Å². The molecular weight excluding hydrogens is 314 g/mol. The lowest BCUT2D eigenvalue weighted by Crippen LogP contribution is -2.29. The molecule has 2 N–H and O–H groups in total. The lowest BCUT2D eigenvalue weighted by molar-refractivity contribution is -0.130. The highest BCUT2D eigenvalue weighted by atomic mass is 16.2. The molecule has 1 saturated heterocycles. The van der Waals surface area contributed by atoms with Gasteiger partial charge in [-0.15, -0.1) is 0 Å². The van der Waals surface area contributed by atoms with Crippen LogP contribution < -0.4 is 5.73 Å². The molecule has 5 heteroatoms. The zero-order chi connectivity index (χ0) is 17.6. The number of nitrogens with zero attached hydrogens (tertiary/aromatic N) is 2. The minimum absolute atomic E-state index is 0.206. The molecular formula is C20H23N3O2. The van der Waals surface area contributed by atoms with Gasteiger partial charge in [-0.1, -0.05) is 18.2 Å². The van der Waals surface area contributed by atoms with E-state index in [4.69, 9.17) is 5.73 Å². The van der Waals surface area contributed by atoms with Crippen molar-refractivity contribution < 1.29 is 9.59 Å². The van der Waals surface area contributed by atoms with Crippen molar-refractivity contribution in [1.82, 2.24) is 9.88 Å². The van der Waals surface area contributed by atoms with Crippen LogP contribution in [-0.2, 0) is 17.6 Å². The number of hydrogen-bond donors (Lipinski definition) is 1. The van der Waals surface area contributed by atoms with E-state index >= 15 is 0 Å². The molecule has 2 aromatic rings. The van der Waals surface area contributed by atoms with Gasteiger partial charge >= 0.3 is 0 Å². The van der Waals surface area contributed by atoms with Crippen molar-refractivity contribution in [3.8, 4) is 0 Å². The van der Waals surface area contributed by atoms with Crippen molar-refractivity contribution in [2.45, 2.75) is 25.7 Å². The van der Waals surface area contributed by atoms with Crippen molar-refractivity contribution in [1.29, 1.82) is 0 Å². The van der Waals surface area contributed by atoms with Crippen molar-refractivity contribution >= 4 is 11.8 Å². The number of nitrogens with two attached hydrogens (primary N) is 1. The fraction of sp³-hybridized carbons (Fsp3) is 0.350. The summed E-state index contributed by atoms with van der Waals surface area (Å²) in [6, 6.07) is 11.4. The molecule has 5 nitrogen and oxygen atoms in total. The monoisotopic (exact) mass is 337 g/mol. The molecule has 0 bridgehead atoms. The maximum atomic E-state index is 12.4. The first-order valence-electron chi connectivity index (χ1n) is 8.67. The third kappa shape index (κ3) is 4.66. The number of carbonyl (C=O) groups is 2. The molecule has 1 aromatic heterocycles. The largest absolute Gasteiger partial charge is 0.366 e. The molecule has 130 valence electrons. The molecule has 0 aliphatic carbocycles. The summed E-state index contributed by atoms with van der Waals surface area (Å²) in [6.07, 6.45) is 6.67. The number of primary amides is 1. The van der Waals surface area contributed by atoms with Crippen molar-refractivity contribution in [2.24, 2.45) is 11.7 Å². The van der Waals surface area contributed by atoms with Crippen LogP contribution in [0.5, 0.6) is 0 Å². The highest BCUT2D eigenvalue weighted by molar-refractivity contribution is 5.92. The SMILES string of the molecule is NC(=O)c1cccc(CC2CCN(C(=O)CCc3cccnc3)C2)c1. The predicted octanol–water partition coefficient (Wildman–Crippen LogP) is 2.20. The third-order valence-electron chi connectivity index (χ3n) is 4.72. The van der Waals surface area contributed by atoms with Gasteiger partial charge in [0.05, 0.1) is 0 Å². The van der Waals surface area contributed by atoms with Crippen LogP contribution in [0.1, 0.15) is 34.3 Å². The number of aryl methyl sites for hydroxylation is 1. The normalized spacial score (nSPS) is 16.8. The Balaban J connectivity index is 1.50. The molecule has 25 heavy (non-hydrogen) atoms. The van der Waals surface area contributed by atoms with Crippen molar-refractivity contribution in [3.63, 3.8) is 0 Å². The number of amides is 2. The van der Waals surface area contributed by atoms with E-state index in [0.29, 0.717) is 17.9 Å². The first-order valence-corrected chi connectivity index (χ1v) is 8.67. The van der Waals surface area contributed by atoms with Crippen LogP contribution in [0.4, 0.5) is 0 Å². The molecule has 1 atom stereocenters. The van der Waals surface area contributed by atoms with Crippen molar-refractivity contribution in [2.75, 3.05) is 13.1 Å². The van der Waals surface area contributed by atoms with Gasteiger partial charge in [0.2, 0.25) is 11.8 Å². The van der Waals surface area contributed by atoms with Crippen LogP contribution in [0.15, 0.2) is 48.8 Å². The lowest BCUT2D eigenvalue weighted by Gasteiger charge is -2.17. The molecule has 0 spiro atoms. The van der Waals surface area contributed by atoms with Gasteiger partial charge in [-0.3, -0.25) is 14.6 Å². The Hall–Kier alpha value is -2.69. The second-order valence-electron chi connectivity index (χ2n) is 6.62. The van der Waals surface area contributed by atoms with Gasteiger partial charge < -0.3 is 10.6 Å². The molecule has 1 unspecified atom stereocenters. The van der Waals surface area contributed by atoms with Gasteiger partial charge in [-0.2, -0.15) is 0 Å². The van der Waals surface area contributed by atoms with Crippen LogP contribution in [0, 0.1) is 5.92 Å². The number of benzene rings is 1. The highest BCUT2D eigenvalue weighted by Gasteiger charge is 2.26. The molecule has 0 saturated carbocycles. The van der Waals surface area contributed by atoms with E-state index in [0.717, 1.165) is 43.5 Å². The van der Waals surface area contributed by atoms with Crippen LogP contribution in [0.3, 0.4) is 0 Å². The molecule has 2 heterocycles. The Morgan fingerprint density at radius 1 is 1.20 bits per heavy atom. The second kappa shape index (κ2) is 7.92. The standard InChI is InChI=1S/C20H23N3O2/c21-20(25)18-5-1-3-16(12-18)11-17-8-10-23(14-17)19(24)7-6-15-4-2-9-22-13-15/h1-5,9,12-13,17H,6-8,10-11,14H2,(H2,21,25). The average molecular weight is 337 g/mol. The van der Waals surface area contributed by atoms with Gasteiger partial charge in [0.1, 0.15) is 0 Å². The number of rotatable bonds is 6. The quantitative estimate of drug-likeness (QED) is 0.878. The van der Waals surface area contributed by atoms with E-state index in [1.807, 2.05) is 41.4 Å². The molecule has 1 aliphatic rings. The first-order chi connectivity index (χ1) is 12.1. The molecule has 1 aromatic carbocycles. The summed E-state index contributed by atoms with van der Waals surface area (Å²) < 4.78 is 0. The highest BCUT2D eigenvalue weighted by Crippen LogP contribution is 2.22. The predicted molar refractivity (Wildman–Crippen MR) is 95.9 cm³/mol. The Labute approximate surface area is 147 Å². The molecule has 0 radical (unpaired) electrons. The van der Waals surface area contributed by atoms with E-state index in [1.54, 1.807) is 12.3 Å². The van der Waals surface area contributed by atoms with Crippen LogP contribution in [0.2, 0.25) is 0 Å². The van der Waals surface area contributed by atoms with E-state index in [-0.39, 0.29) is 5.91 Å². The summed E-state index contributed by atoms with van der Waals surface area (Å²) >= 11 is 0. The van der Waals surface area contributed by atoms with Gasteiger partial charge in [0, 0.05) is 37.5 Å². The zero-order valence-corrected chi connectivity index (χ0v) is 14.2. The summed E-state index contributed by atoms with van der Waals surface area (Å²) in [6.45, 7) is 1.60. The summed E-state index contributed by atoms with van der Waals surface area (Å²) in [7, 11) is 0. The van der Waals surface area contributed by atoms with Crippen LogP contribution in [0.25, 0.3) is 0 Å². The molecule has 1 fully saturated rings. The lowest BCUT2D eigenvalue weighted by atomic mass is 9.97. The minimum Gasteiger partial charge on any atom is -0.366 e. The zero-order valence-electron chi connectivity index (χ0n) is 14.2. The maximum Gasteiger partial charge on any atom is 0.248 e. The van der Waals surface area contributed by atoms with Crippen LogP contribution in [-0.4, -0.2) is 34.8 Å².